The minimum Gasteiger partial charge on any atom is -0.454 e. The summed E-state index contributed by atoms with van der Waals surface area (Å²) < 4.78 is 9.36. The van der Waals surface area contributed by atoms with Gasteiger partial charge >= 0.3 is 0 Å². The average molecular weight is 820 g/mol. The smallest absolute Gasteiger partial charge is 0.159 e. The van der Waals surface area contributed by atoms with Crippen LogP contribution in [0.4, 0.5) is 0 Å². The van der Waals surface area contributed by atoms with Gasteiger partial charge < -0.3 is 8.98 Å². The van der Waals surface area contributed by atoms with E-state index in [1.165, 1.54) is 33.0 Å². The highest BCUT2D eigenvalue weighted by Gasteiger charge is 2.27. The van der Waals surface area contributed by atoms with Crippen molar-refractivity contribution in [2.45, 2.75) is 12.5 Å². The molecular formula is C60H41N3O. The van der Waals surface area contributed by atoms with Crippen LogP contribution in [0.15, 0.2) is 245 Å². The molecular weight excluding hydrogens is 779 g/mol. The van der Waals surface area contributed by atoms with Gasteiger partial charge in [0.2, 0.25) is 0 Å². The molecule has 3 heterocycles. The molecule has 64 heavy (non-hydrogen) atoms. The van der Waals surface area contributed by atoms with Crippen molar-refractivity contribution in [2.24, 2.45) is 9.98 Å². The number of rotatable bonds is 7. The lowest BCUT2D eigenvalue weighted by atomic mass is 9.91. The summed E-state index contributed by atoms with van der Waals surface area (Å²) in [4.78, 5) is 10.9. The molecule has 1 unspecified atom stereocenters. The summed E-state index contributed by atoms with van der Waals surface area (Å²) >= 11 is 0. The highest BCUT2D eigenvalue weighted by Crippen LogP contribution is 2.44. The second-order valence-corrected chi connectivity index (χ2v) is 16.5. The number of benzene rings is 9. The van der Waals surface area contributed by atoms with Crippen LogP contribution < -0.4 is 0 Å². The van der Waals surface area contributed by atoms with Gasteiger partial charge in [-0.15, -0.1) is 0 Å². The lowest BCUT2D eigenvalue weighted by Gasteiger charge is -2.16. The third-order valence-corrected chi connectivity index (χ3v) is 12.7. The van der Waals surface area contributed by atoms with Gasteiger partial charge in [-0.2, -0.15) is 0 Å². The maximum Gasteiger partial charge on any atom is 0.159 e. The van der Waals surface area contributed by atoms with Crippen LogP contribution in [0, 0.1) is 0 Å². The minimum absolute atomic E-state index is 0.386. The number of hydrogen-bond donors (Lipinski definition) is 0. The Hall–Kier alpha value is -8.34. The first-order chi connectivity index (χ1) is 31.7. The molecule has 0 amide bonds. The van der Waals surface area contributed by atoms with E-state index in [0.29, 0.717) is 12.3 Å². The molecule has 0 saturated carbocycles. The Morgan fingerprint density at radius 1 is 0.453 bits per heavy atom. The average Bonchev–Trinajstić information content (AvgIpc) is 3.86. The predicted octanol–water partition coefficient (Wildman–Crippen LogP) is 15.6. The van der Waals surface area contributed by atoms with Gasteiger partial charge in [0, 0.05) is 33.5 Å². The normalized spacial score (nSPS) is 14.2. The lowest BCUT2D eigenvalue weighted by Crippen LogP contribution is -2.06. The second-order valence-electron chi connectivity index (χ2n) is 16.5. The SMILES string of the molecule is C=C1CC(c2ccc(-c3ccccc3)cc2)=NC(c2ccc(-c3ccccc3)cc2)=NC1c1cccc2oc3c(-n4c5ccccc5c5c(-c6ccccc6)cccc54)cccc3c12. The van der Waals surface area contributed by atoms with E-state index in [0.717, 1.165) is 77.8 Å². The molecule has 1 aliphatic heterocycles. The summed E-state index contributed by atoms with van der Waals surface area (Å²) in [6.45, 7) is 4.76. The molecule has 0 bridgehead atoms. The molecule has 11 aromatic rings. The lowest BCUT2D eigenvalue weighted by molar-refractivity contribution is 0.665. The van der Waals surface area contributed by atoms with Crippen molar-refractivity contribution in [1.29, 1.82) is 0 Å². The van der Waals surface area contributed by atoms with Gasteiger partial charge in [0.25, 0.3) is 0 Å². The second kappa shape index (κ2) is 15.5. The van der Waals surface area contributed by atoms with E-state index in [1.807, 2.05) is 12.1 Å². The molecule has 0 saturated heterocycles. The fraction of sp³-hybridized carbons (Fsp3) is 0.0333. The third-order valence-electron chi connectivity index (χ3n) is 12.7. The van der Waals surface area contributed by atoms with Gasteiger partial charge in [-0.1, -0.05) is 201 Å². The van der Waals surface area contributed by atoms with Crippen LogP contribution in [0.5, 0.6) is 0 Å². The van der Waals surface area contributed by atoms with E-state index < -0.39 is 0 Å². The molecule has 1 atom stereocenters. The van der Waals surface area contributed by atoms with Crippen LogP contribution in [-0.4, -0.2) is 16.1 Å². The van der Waals surface area contributed by atoms with Crippen molar-refractivity contribution < 1.29 is 4.42 Å². The Labute approximate surface area is 371 Å². The van der Waals surface area contributed by atoms with Crippen molar-refractivity contribution in [2.75, 3.05) is 0 Å². The number of aromatic nitrogens is 1. The molecule has 0 spiro atoms. The van der Waals surface area contributed by atoms with Gasteiger partial charge in [0.15, 0.2) is 11.4 Å². The Morgan fingerprint density at radius 3 is 1.70 bits per heavy atom. The van der Waals surface area contributed by atoms with Gasteiger partial charge in [-0.05, 0) is 74.3 Å². The zero-order chi connectivity index (χ0) is 42.6. The standard InChI is InChI=1S/C60H41N3O/c1-39-38-51(45-34-30-42(31-35-45)40-16-5-2-6-17-40)61-60(46-36-32-43(33-37-46)41-18-7-3-8-19-41)62-58(39)49-24-15-29-55-57(49)50-25-14-28-54(59(50)64-55)63-52-26-12-11-22-48(52)56-47(23-13-27-53(56)63)44-20-9-4-10-21-44/h2-37,58H,1,38H2. The number of aliphatic imine (C=N–C) groups is 2. The molecule has 4 nitrogen and oxygen atoms in total. The molecule has 1 aliphatic rings. The minimum atomic E-state index is -0.386. The zero-order valence-corrected chi connectivity index (χ0v) is 35.0. The van der Waals surface area contributed by atoms with E-state index in [4.69, 9.17) is 21.0 Å². The summed E-state index contributed by atoms with van der Waals surface area (Å²) in [5.74, 6) is 0.676. The molecule has 2 aromatic heterocycles. The first-order valence-electron chi connectivity index (χ1n) is 21.8. The van der Waals surface area contributed by atoms with Crippen molar-refractivity contribution in [3.8, 4) is 39.1 Å². The Bertz CT molecular complexity index is 3620. The number of fused-ring (bicyclic) bond motifs is 6. The monoisotopic (exact) mass is 819 g/mol. The van der Waals surface area contributed by atoms with Gasteiger partial charge in [0.1, 0.15) is 5.58 Å². The van der Waals surface area contributed by atoms with E-state index in [-0.39, 0.29) is 6.04 Å². The number of nitrogens with zero attached hydrogens (tertiary/aromatic N) is 3. The third kappa shape index (κ3) is 6.39. The van der Waals surface area contributed by atoms with Crippen LogP contribution in [0.3, 0.4) is 0 Å². The molecule has 12 rings (SSSR count). The van der Waals surface area contributed by atoms with E-state index in [1.54, 1.807) is 0 Å². The van der Waals surface area contributed by atoms with Crippen LogP contribution in [0.25, 0.3) is 82.8 Å². The van der Waals surface area contributed by atoms with E-state index in [2.05, 4.69) is 211 Å². The Balaban J connectivity index is 1.01. The Morgan fingerprint density at radius 2 is 1.00 bits per heavy atom. The highest BCUT2D eigenvalue weighted by atomic mass is 16.3. The summed E-state index contributed by atoms with van der Waals surface area (Å²) in [6, 6.07) is 76.7. The van der Waals surface area contributed by atoms with Crippen molar-refractivity contribution in [1.82, 2.24) is 4.57 Å². The summed E-state index contributed by atoms with van der Waals surface area (Å²) in [5.41, 5.74) is 16.9. The van der Waals surface area contributed by atoms with Crippen LogP contribution in [0.1, 0.15) is 29.2 Å². The van der Waals surface area contributed by atoms with Crippen molar-refractivity contribution >= 4 is 55.3 Å². The first kappa shape index (κ1) is 37.4. The van der Waals surface area contributed by atoms with Crippen LogP contribution >= 0.6 is 0 Å². The van der Waals surface area contributed by atoms with E-state index >= 15 is 0 Å². The molecule has 302 valence electrons. The van der Waals surface area contributed by atoms with Gasteiger partial charge in [-0.3, -0.25) is 4.99 Å². The highest BCUT2D eigenvalue weighted by molar-refractivity contribution is 6.18. The molecule has 0 fully saturated rings. The quantitative estimate of drug-likeness (QED) is 0.148. The van der Waals surface area contributed by atoms with Crippen LogP contribution in [0.2, 0.25) is 0 Å². The molecule has 4 heteroatoms. The zero-order valence-electron chi connectivity index (χ0n) is 35.0. The summed E-state index contributed by atoms with van der Waals surface area (Å²) in [6.07, 6.45) is 0.562. The van der Waals surface area contributed by atoms with Crippen molar-refractivity contribution in [3.05, 3.63) is 247 Å². The van der Waals surface area contributed by atoms with Gasteiger partial charge in [0.05, 0.1) is 28.5 Å². The maximum atomic E-state index is 7.00. The predicted molar refractivity (Wildman–Crippen MR) is 267 cm³/mol. The van der Waals surface area contributed by atoms with Crippen molar-refractivity contribution in [3.63, 3.8) is 0 Å². The summed E-state index contributed by atoms with van der Waals surface area (Å²) in [7, 11) is 0. The van der Waals surface area contributed by atoms with E-state index in [9.17, 15) is 0 Å². The summed E-state index contributed by atoms with van der Waals surface area (Å²) in [5, 5.41) is 4.49. The topological polar surface area (TPSA) is 42.8 Å². The number of furan rings is 1. The van der Waals surface area contributed by atoms with Crippen LogP contribution in [-0.2, 0) is 0 Å². The first-order valence-corrected chi connectivity index (χ1v) is 21.8. The molecule has 9 aromatic carbocycles. The Kier molecular flexibility index (Phi) is 9.08. The fourth-order valence-electron chi connectivity index (χ4n) is 9.65. The maximum absolute atomic E-state index is 7.00. The molecule has 0 radical (unpaired) electrons. The molecule has 0 aliphatic carbocycles. The largest absolute Gasteiger partial charge is 0.454 e. The number of hydrogen-bond acceptors (Lipinski definition) is 3. The number of para-hydroxylation sites is 2. The fourth-order valence-corrected chi connectivity index (χ4v) is 9.65. The molecule has 0 N–H and O–H groups in total. The van der Waals surface area contributed by atoms with Gasteiger partial charge in [-0.25, -0.2) is 4.99 Å². The number of amidine groups is 1.